The number of ether oxygens (including phenoxy) is 2. The van der Waals surface area contributed by atoms with Gasteiger partial charge < -0.3 is 14.8 Å². The Balaban J connectivity index is 2.15. The number of hydrogen-bond acceptors (Lipinski definition) is 7. The molecule has 0 spiro atoms. The van der Waals surface area contributed by atoms with E-state index in [1.54, 1.807) is 18.2 Å². The van der Waals surface area contributed by atoms with E-state index in [9.17, 15) is 19.2 Å². The summed E-state index contributed by atoms with van der Waals surface area (Å²) < 4.78 is 10.1. The van der Waals surface area contributed by atoms with E-state index >= 15 is 0 Å². The quantitative estimate of drug-likeness (QED) is 0.420. The van der Waals surface area contributed by atoms with Crippen LogP contribution in [-0.2, 0) is 30.3 Å². The van der Waals surface area contributed by atoms with Gasteiger partial charge >= 0.3 is 12.1 Å². The monoisotopic (exact) mass is 460 g/mol. The molecule has 1 aromatic rings. The third-order valence-electron chi connectivity index (χ3n) is 4.71. The number of hydrogen-bond donors (Lipinski definition) is 1. The van der Waals surface area contributed by atoms with Crippen molar-refractivity contribution in [1.29, 1.82) is 0 Å². The van der Waals surface area contributed by atoms with Crippen molar-refractivity contribution in [2.45, 2.75) is 37.5 Å². The average Bonchev–Trinajstić information content (AvgIpc) is 3.19. The van der Waals surface area contributed by atoms with Crippen molar-refractivity contribution in [3.63, 3.8) is 0 Å². The van der Waals surface area contributed by atoms with Crippen LogP contribution in [0.3, 0.4) is 0 Å². The van der Waals surface area contributed by atoms with Crippen molar-refractivity contribution in [2.75, 3.05) is 25.1 Å². The number of thioether (sulfide) groups is 1. The van der Waals surface area contributed by atoms with Gasteiger partial charge in [0.15, 0.2) is 9.99 Å². The molecule has 8 nitrogen and oxygen atoms in total. The normalized spacial score (nSPS) is 17.3. The maximum atomic E-state index is 13.3. The highest BCUT2D eigenvalue weighted by atomic mass is 32.2. The van der Waals surface area contributed by atoms with E-state index in [-0.39, 0.29) is 30.7 Å². The topological polar surface area (TPSA) is 102 Å². The number of carbonyl (C=O) groups is 4. The van der Waals surface area contributed by atoms with Crippen molar-refractivity contribution >= 4 is 40.5 Å². The van der Waals surface area contributed by atoms with Crippen LogP contribution in [-0.4, -0.2) is 52.6 Å². The molecule has 9 heteroatoms. The van der Waals surface area contributed by atoms with E-state index in [1.165, 1.54) is 24.0 Å². The van der Waals surface area contributed by atoms with E-state index in [2.05, 4.69) is 18.5 Å². The number of likely N-dealkylation sites (tertiary alicyclic amines) is 1. The second-order valence-corrected chi connectivity index (χ2v) is 8.58. The van der Waals surface area contributed by atoms with Crippen molar-refractivity contribution < 1.29 is 28.7 Å². The fraction of sp³-hybridized carbons (Fsp3) is 0.391. The van der Waals surface area contributed by atoms with E-state index in [1.807, 2.05) is 6.07 Å². The molecule has 1 aromatic carbocycles. The van der Waals surface area contributed by atoms with E-state index in [4.69, 9.17) is 9.47 Å². The lowest BCUT2D eigenvalue weighted by Crippen LogP contribution is -2.53. The molecule has 0 aliphatic carbocycles. The molecule has 1 heterocycles. The van der Waals surface area contributed by atoms with E-state index in [0.29, 0.717) is 31.5 Å². The number of aryl methyl sites for hydroxylation is 1. The number of carbonyl (C=O) groups excluding carboxylic acids is 4. The summed E-state index contributed by atoms with van der Waals surface area (Å²) in [5.74, 6) is -0.816. The molecule has 1 fully saturated rings. The lowest BCUT2D eigenvalue weighted by Gasteiger charge is -2.34. The van der Waals surface area contributed by atoms with Crippen molar-refractivity contribution in [2.24, 2.45) is 0 Å². The Morgan fingerprint density at radius 2 is 1.91 bits per heavy atom. The Kier molecular flexibility index (Phi) is 9.52. The summed E-state index contributed by atoms with van der Waals surface area (Å²) in [5, 5.41) is 2.54. The number of esters is 1. The van der Waals surface area contributed by atoms with Crippen LogP contribution >= 0.6 is 11.8 Å². The zero-order valence-electron chi connectivity index (χ0n) is 18.1. The molecular weight excluding hydrogens is 432 g/mol. The number of anilines is 1. The van der Waals surface area contributed by atoms with E-state index in [0.717, 1.165) is 17.3 Å². The predicted octanol–water partition coefficient (Wildman–Crippen LogP) is 3.68. The highest BCUT2D eigenvalue weighted by Crippen LogP contribution is 2.41. The van der Waals surface area contributed by atoms with Crippen molar-refractivity contribution in [1.82, 2.24) is 4.90 Å². The third-order valence-corrected chi connectivity index (χ3v) is 5.95. The van der Waals surface area contributed by atoms with Gasteiger partial charge in [-0.2, -0.15) is 0 Å². The van der Waals surface area contributed by atoms with Crippen LogP contribution in [0.2, 0.25) is 0 Å². The lowest BCUT2D eigenvalue weighted by atomic mass is 10.1. The summed E-state index contributed by atoms with van der Waals surface area (Å²) in [7, 11) is 0. The predicted molar refractivity (Wildman–Crippen MR) is 123 cm³/mol. The maximum absolute atomic E-state index is 13.3. The molecule has 2 amide bonds. The molecule has 0 saturated carbocycles. The highest BCUT2D eigenvalue weighted by Gasteiger charge is 2.52. The van der Waals surface area contributed by atoms with Gasteiger partial charge in [-0.1, -0.05) is 37.4 Å². The highest BCUT2D eigenvalue weighted by molar-refractivity contribution is 8.15. The zero-order valence-corrected chi connectivity index (χ0v) is 18.9. The minimum atomic E-state index is -1.39. The maximum Gasteiger partial charge on any atom is 0.411 e. The lowest BCUT2D eigenvalue weighted by molar-refractivity contribution is -0.142. The summed E-state index contributed by atoms with van der Waals surface area (Å²) in [6, 6.07) is 7.06. The first kappa shape index (κ1) is 25.2. The summed E-state index contributed by atoms with van der Waals surface area (Å²) in [4.78, 5) is 49.4. The Morgan fingerprint density at radius 3 is 2.59 bits per heavy atom. The van der Waals surface area contributed by atoms with Gasteiger partial charge in [-0.15, -0.1) is 0 Å². The molecule has 0 radical (unpaired) electrons. The van der Waals surface area contributed by atoms with Crippen LogP contribution in [0.5, 0.6) is 0 Å². The van der Waals surface area contributed by atoms with Gasteiger partial charge in [-0.25, -0.2) is 4.79 Å². The van der Waals surface area contributed by atoms with Crippen molar-refractivity contribution in [3.05, 3.63) is 55.1 Å². The van der Waals surface area contributed by atoms with Crippen LogP contribution in [0.4, 0.5) is 10.5 Å². The molecular formula is C23H28N2O6S. The molecule has 2 rings (SSSR count). The Morgan fingerprint density at radius 1 is 1.19 bits per heavy atom. The van der Waals surface area contributed by atoms with Crippen LogP contribution in [0.1, 0.15) is 31.7 Å². The van der Waals surface area contributed by atoms with Crippen LogP contribution in [0.15, 0.2) is 49.6 Å². The van der Waals surface area contributed by atoms with Gasteiger partial charge in [-0.3, -0.25) is 19.3 Å². The molecule has 1 atom stereocenters. The third kappa shape index (κ3) is 6.71. The SMILES string of the molecule is C=CCOC(=O)CCc1cccc(NC(=O)C2(SC(C)=O)CCCN2C(=O)OCC=C)c1. The van der Waals surface area contributed by atoms with Crippen molar-refractivity contribution in [3.8, 4) is 0 Å². The first-order chi connectivity index (χ1) is 15.3. The Labute approximate surface area is 192 Å². The van der Waals surface area contributed by atoms with Crippen LogP contribution < -0.4 is 5.32 Å². The number of benzene rings is 1. The van der Waals surface area contributed by atoms with Crippen LogP contribution in [0.25, 0.3) is 0 Å². The molecule has 1 saturated heterocycles. The molecule has 1 aliphatic rings. The summed E-state index contributed by atoms with van der Waals surface area (Å²) >= 11 is 0.812. The number of nitrogens with zero attached hydrogens (tertiary/aromatic N) is 1. The smallest absolute Gasteiger partial charge is 0.411 e. The summed E-state index contributed by atoms with van der Waals surface area (Å²) in [6.07, 6.45) is 3.78. The van der Waals surface area contributed by atoms with Gasteiger partial charge in [0.1, 0.15) is 13.2 Å². The summed E-state index contributed by atoms with van der Waals surface area (Å²) in [5.41, 5.74) is 1.34. The molecule has 1 aliphatic heterocycles. The average molecular weight is 461 g/mol. The van der Waals surface area contributed by atoms with Gasteiger partial charge in [0.25, 0.3) is 5.91 Å². The minimum absolute atomic E-state index is 0.00898. The van der Waals surface area contributed by atoms with Gasteiger partial charge in [0.05, 0.1) is 0 Å². The minimum Gasteiger partial charge on any atom is -0.461 e. The first-order valence-corrected chi connectivity index (χ1v) is 11.1. The van der Waals surface area contributed by atoms with Gasteiger partial charge in [0.2, 0.25) is 0 Å². The molecule has 32 heavy (non-hydrogen) atoms. The van der Waals surface area contributed by atoms with Gasteiger partial charge in [0, 0.05) is 25.6 Å². The second kappa shape index (κ2) is 12.1. The first-order valence-electron chi connectivity index (χ1n) is 10.2. The van der Waals surface area contributed by atoms with Gasteiger partial charge in [-0.05, 0) is 48.7 Å². The molecule has 1 N–H and O–H groups in total. The Hall–Kier alpha value is -3.07. The van der Waals surface area contributed by atoms with E-state index < -0.39 is 16.9 Å². The standard InChI is InChI=1S/C23H28N2O6S/c1-4-14-30-20(27)11-10-18-8-6-9-19(16-18)24-21(28)23(32-17(3)26)12-7-13-25(23)22(29)31-15-5-2/h4-6,8-9,16H,1-2,7,10-15H2,3H3,(H,24,28). The molecule has 0 bridgehead atoms. The number of rotatable bonds is 10. The number of nitrogens with one attached hydrogen (secondary N) is 1. The molecule has 0 aromatic heterocycles. The zero-order chi connectivity index (χ0) is 23.6. The second-order valence-electron chi connectivity index (χ2n) is 7.12. The fourth-order valence-electron chi connectivity index (χ4n) is 3.37. The summed E-state index contributed by atoms with van der Waals surface area (Å²) in [6.45, 7) is 8.85. The molecule has 172 valence electrons. The Bertz CT molecular complexity index is 887. The fourth-order valence-corrected chi connectivity index (χ4v) is 4.51. The number of amides is 2. The largest absolute Gasteiger partial charge is 0.461 e. The molecule has 1 unspecified atom stereocenters. The van der Waals surface area contributed by atoms with Crippen LogP contribution in [0, 0.1) is 0 Å².